The van der Waals surface area contributed by atoms with E-state index in [1.807, 2.05) is 0 Å². The molecule has 1 rings (SSSR count). The van der Waals surface area contributed by atoms with Crippen molar-refractivity contribution in [3.8, 4) is 0 Å². The van der Waals surface area contributed by atoms with Gasteiger partial charge < -0.3 is 15.3 Å². The van der Waals surface area contributed by atoms with E-state index in [4.69, 9.17) is 5.11 Å². The van der Waals surface area contributed by atoms with Crippen molar-refractivity contribution >= 4 is 11.9 Å². The third kappa shape index (κ3) is 5.09. The summed E-state index contributed by atoms with van der Waals surface area (Å²) in [5.74, 6) is -0.981. The highest BCUT2D eigenvalue weighted by Crippen LogP contribution is 1.97. The molecule has 0 aromatic heterocycles. The Kier molecular flexibility index (Phi) is 5.21. The van der Waals surface area contributed by atoms with Crippen molar-refractivity contribution in [2.75, 3.05) is 46.3 Å². The van der Waals surface area contributed by atoms with Crippen LogP contribution < -0.4 is 5.32 Å². The number of hydrogen-bond donors (Lipinski definition) is 2. The fourth-order valence-corrected chi connectivity index (χ4v) is 1.57. The number of carbonyl (C=O) groups is 2. The first-order valence-corrected chi connectivity index (χ1v) is 5.47. The lowest BCUT2D eigenvalue weighted by molar-refractivity contribution is -0.136. The van der Waals surface area contributed by atoms with E-state index in [0.717, 1.165) is 26.2 Å². The normalized spacial score (nSPS) is 18.3. The molecule has 2 N–H and O–H groups in total. The van der Waals surface area contributed by atoms with Gasteiger partial charge in [-0.3, -0.25) is 14.5 Å². The Balaban J connectivity index is 2.11. The maximum absolute atomic E-state index is 11.4. The van der Waals surface area contributed by atoms with Gasteiger partial charge in [0.2, 0.25) is 5.91 Å². The molecule has 0 radical (unpaired) electrons. The number of carbonyl (C=O) groups excluding carboxylic acids is 1. The monoisotopic (exact) mass is 229 g/mol. The molecule has 0 aromatic carbocycles. The van der Waals surface area contributed by atoms with Crippen molar-refractivity contribution in [2.24, 2.45) is 0 Å². The molecule has 6 nitrogen and oxygen atoms in total. The molecule has 1 fully saturated rings. The second kappa shape index (κ2) is 6.44. The zero-order valence-electron chi connectivity index (χ0n) is 9.61. The number of carboxylic acid groups (broad SMARTS) is 1. The molecule has 1 aliphatic heterocycles. The average Bonchev–Trinajstić information content (AvgIpc) is 2.21. The van der Waals surface area contributed by atoms with E-state index in [0.29, 0.717) is 6.54 Å². The third-order valence-electron chi connectivity index (χ3n) is 2.62. The van der Waals surface area contributed by atoms with Gasteiger partial charge in [0, 0.05) is 32.7 Å². The van der Waals surface area contributed by atoms with Crippen molar-refractivity contribution in [1.29, 1.82) is 0 Å². The van der Waals surface area contributed by atoms with Gasteiger partial charge >= 0.3 is 5.97 Å². The molecule has 0 saturated carbocycles. The van der Waals surface area contributed by atoms with Crippen molar-refractivity contribution in [2.45, 2.75) is 6.42 Å². The highest BCUT2D eigenvalue weighted by molar-refractivity contribution is 5.78. The number of rotatable bonds is 5. The minimum Gasteiger partial charge on any atom is -0.481 e. The molecule has 0 atom stereocenters. The number of aliphatic carboxylic acids is 1. The third-order valence-corrected chi connectivity index (χ3v) is 2.62. The zero-order valence-corrected chi connectivity index (χ0v) is 9.61. The minimum absolute atomic E-state index is 0.0194. The predicted octanol–water partition coefficient (Wildman–Crippen LogP) is -1.18. The Bertz CT molecular complexity index is 250. The van der Waals surface area contributed by atoms with E-state index in [9.17, 15) is 9.59 Å². The van der Waals surface area contributed by atoms with Crippen molar-refractivity contribution in [3.63, 3.8) is 0 Å². The van der Waals surface area contributed by atoms with Gasteiger partial charge in [-0.25, -0.2) is 0 Å². The standard InChI is InChI=1S/C10H19N3O3/c1-12-4-6-13(7-5-12)8-9(14)11-3-2-10(15)16/h2-8H2,1H3,(H,11,14)(H,15,16). The second-order valence-electron chi connectivity index (χ2n) is 4.07. The summed E-state index contributed by atoms with van der Waals surface area (Å²) < 4.78 is 0. The summed E-state index contributed by atoms with van der Waals surface area (Å²) in [6.45, 7) is 4.31. The van der Waals surface area contributed by atoms with Gasteiger partial charge in [-0.2, -0.15) is 0 Å². The van der Waals surface area contributed by atoms with Crippen LogP contribution in [0.1, 0.15) is 6.42 Å². The van der Waals surface area contributed by atoms with Gasteiger partial charge in [0.1, 0.15) is 0 Å². The summed E-state index contributed by atoms with van der Waals surface area (Å²) >= 11 is 0. The highest BCUT2D eigenvalue weighted by Gasteiger charge is 2.16. The van der Waals surface area contributed by atoms with Crippen molar-refractivity contribution < 1.29 is 14.7 Å². The maximum Gasteiger partial charge on any atom is 0.305 e. The molecular formula is C10H19N3O3. The maximum atomic E-state index is 11.4. The molecule has 0 unspecified atom stereocenters. The molecule has 1 heterocycles. The number of hydrogen-bond acceptors (Lipinski definition) is 4. The quantitative estimate of drug-likeness (QED) is 0.621. The van der Waals surface area contributed by atoms with E-state index in [-0.39, 0.29) is 18.9 Å². The van der Waals surface area contributed by atoms with Gasteiger partial charge in [-0.1, -0.05) is 0 Å². The second-order valence-corrected chi connectivity index (χ2v) is 4.07. The number of amides is 1. The summed E-state index contributed by atoms with van der Waals surface area (Å²) in [5.41, 5.74) is 0. The number of nitrogens with zero attached hydrogens (tertiary/aromatic N) is 2. The van der Waals surface area contributed by atoms with Crippen LogP contribution in [0, 0.1) is 0 Å². The van der Waals surface area contributed by atoms with Gasteiger partial charge in [-0.05, 0) is 7.05 Å². The predicted molar refractivity (Wildman–Crippen MR) is 59.2 cm³/mol. The van der Waals surface area contributed by atoms with Crippen LogP contribution in [0.25, 0.3) is 0 Å². The Morgan fingerprint density at radius 2 is 1.88 bits per heavy atom. The molecule has 1 amide bonds. The lowest BCUT2D eigenvalue weighted by Crippen LogP contribution is -2.48. The van der Waals surface area contributed by atoms with Gasteiger partial charge in [0.15, 0.2) is 0 Å². The summed E-state index contributed by atoms with van der Waals surface area (Å²) in [4.78, 5) is 26.0. The molecule has 1 saturated heterocycles. The molecule has 16 heavy (non-hydrogen) atoms. The Morgan fingerprint density at radius 1 is 1.25 bits per heavy atom. The summed E-state index contributed by atoms with van der Waals surface area (Å²) in [7, 11) is 2.06. The smallest absolute Gasteiger partial charge is 0.305 e. The molecule has 0 spiro atoms. The van der Waals surface area contributed by atoms with Crippen LogP contribution in [0.15, 0.2) is 0 Å². The molecule has 0 aliphatic carbocycles. The van der Waals surface area contributed by atoms with Crippen LogP contribution in [0.2, 0.25) is 0 Å². The molecule has 0 bridgehead atoms. The van der Waals surface area contributed by atoms with E-state index in [1.54, 1.807) is 0 Å². The summed E-state index contributed by atoms with van der Waals surface area (Å²) in [5, 5.41) is 11.0. The van der Waals surface area contributed by atoms with Crippen molar-refractivity contribution in [1.82, 2.24) is 15.1 Å². The molecule has 1 aliphatic rings. The van der Waals surface area contributed by atoms with E-state index >= 15 is 0 Å². The average molecular weight is 229 g/mol. The molecule has 6 heteroatoms. The van der Waals surface area contributed by atoms with Crippen LogP contribution in [-0.2, 0) is 9.59 Å². The number of carboxylic acids is 1. The number of piperazine rings is 1. The fraction of sp³-hybridized carbons (Fsp3) is 0.800. The molecule has 0 aromatic rings. The first-order valence-electron chi connectivity index (χ1n) is 5.47. The topological polar surface area (TPSA) is 72.9 Å². The lowest BCUT2D eigenvalue weighted by Gasteiger charge is -2.31. The van der Waals surface area contributed by atoms with Crippen molar-refractivity contribution in [3.05, 3.63) is 0 Å². The Labute approximate surface area is 95.2 Å². The van der Waals surface area contributed by atoms with E-state index in [1.165, 1.54) is 0 Å². The highest BCUT2D eigenvalue weighted by atomic mass is 16.4. The Morgan fingerprint density at radius 3 is 2.44 bits per heavy atom. The van der Waals surface area contributed by atoms with Gasteiger partial charge in [0.05, 0.1) is 13.0 Å². The van der Waals surface area contributed by atoms with Gasteiger partial charge in [-0.15, -0.1) is 0 Å². The number of nitrogens with one attached hydrogen (secondary N) is 1. The summed E-state index contributed by atoms with van der Waals surface area (Å²) in [6, 6.07) is 0. The van der Waals surface area contributed by atoms with E-state index in [2.05, 4.69) is 22.2 Å². The lowest BCUT2D eigenvalue weighted by atomic mass is 10.3. The number of likely N-dealkylation sites (N-methyl/N-ethyl adjacent to an activating group) is 1. The Hall–Kier alpha value is -1.14. The van der Waals surface area contributed by atoms with Crippen LogP contribution in [-0.4, -0.2) is 73.1 Å². The first-order chi connectivity index (χ1) is 7.58. The minimum atomic E-state index is -0.889. The fourth-order valence-electron chi connectivity index (χ4n) is 1.57. The van der Waals surface area contributed by atoms with Crippen LogP contribution in [0.3, 0.4) is 0 Å². The summed E-state index contributed by atoms with van der Waals surface area (Å²) in [6.07, 6.45) is -0.0194. The zero-order chi connectivity index (χ0) is 12.0. The van der Waals surface area contributed by atoms with Crippen LogP contribution in [0.4, 0.5) is 0 Å². The SMILES string of the molecule is CN1CCN(CC(=O)NCCC(=O)O)CC1. The van der Waals surface area contributed by atoms with Crippen LogP contribution >= 0.6 is 0 Å². The largest absolute Gasteiger partial charge is 0.481 e. The molecular weight excluding hydrogens is 210 g/mol. The van der Waals surface area contributed by atoms with Crippen LogP contribution in [0.5, 0.6) is 0 Å². The van der Waals surface area contributed by atoms with E-state index < -0.39 is 5.97 Å². The first kappa shape index (κ1) is 12.9. The van der Waals surface area contributed by atoms with Gasteiger partial charge in [0.25, 0.3) is 0 Å². The molecule has 92 valence electrons.